The summed E-state index contributed by atoms with van der Waals surface area (Å²) < 4.78 is 29.0. The van der Waals surface area contributed by atoms with Gasteiger partial charge >= 0.3 is 0 Å². The molecule has 306 valence electrons. The molecule has 1 unspecified atom stereocenters. The fraction of sp³-hybridized carbons (Fsp3) is 0.512. The summed E-state index contributed by atoms with van der Waals surface area (Å²) in [5.74, 6) is -0.476. The molecule has 14 heteroatoms. The van der Waals surface area contributed by atoms with Crippen molar-refractivity contribution in [3.63, 3.8) is 0 Å². The molecule has 0 aliphatic carbocycles. The topological polar surface area (TPSA) is 132 Å². The highest BCUT2D eigenvalue weighted by Crippen LogP contribution is 2.60. The zero-order valence-electron chi connectivity index (χ0n) is 33.2. The number of nitrogens with zero attached hydrogens (tertiary/aromatic N) is 3. The third kappa shape index (κ3) is 7.74. The molecule has 57 heavy (non-hydrogen) atoms. The Morgan fingerprint density at radius 1 is 1.07 bits per heavy atom. The number of fused-ring (bicyclic) bond motifs is 3. The maximum Gasteiger partial charge on any atom is 0.264 e. The van der Waals surface area contributed by atoms with Crippen LogP contribution in [0.15, 0.2) is 60.7 Å². The van der Waals surface area contributed by atoms with Crippen molar-refractivity contribution >= 4 is 54.8 Å². The second kappa shape index (κ2) is 16.8. The number of nitrogens with one attached hydrogen (secondary N) is 1. The van der Waals surface area contributed by atoms with Crippen LogP contribution in [0.1, 0.15) is 62.6 Å². The Morgan fingerprint density at radius 3 is 2.53 bits per heavy atom. The molecule has 4 aliphatic rings. The third-order valence-corrected chi connectivity index (χ3v) is 15.0. The zero-order valence-corrected chi connectivity index (χ0v) is 34.9. The number of carbonyl (C=O) groups is 3. The standard InChI is InChI=1S/C43H54ClFN4O7Si/c1-5-55-33-15-17-36-29(21-33)22-35(46-18-6-7-20-50)41(53)49(36)31-13-10-28(11-14-31)25-48-37-16-12-30(44)23-34(37)43(42(48)54)27(2)40(57(3,4)45)38(56-43)24-39(52)47-19-8-9-32(47)26-51/h10-17,21,23,27,32,35,38,40,46,50-51H,5-9,18-20,22,24-26H2,1-4H3/t27-,32-,35?,38+,40-,43+/m0/s1. The van der Waals surface area contributed by atoms with Crippen molar-refractivity contribution < 1.29 is 38.2 Å². The van der Waals surface area contributed by atoms with E-state index in [1.807, 2.05) is 56.3 Å². The molecule has 7 rings (SSSR count). The van der Waals surface area contributed by atoms with Crippen molar-refractivity contribution in [2.45, 2.75) is 101 Å². The highest BCUT2D eigenvalue weighted by atomic mass is 35.5. The highest BCUT2D eigenvalue weighted by Gasteiger charge is 2.67. The molecule has 4 heterocycles. The van der Waals surface area contributed by atoms with E-state index in [0.29, 0.717) is 60.9 Å². The van der Waals surface area contributed by atoms with Gasteiger partial charge in [-0.2, -0.15) is 0 Å². The molecule has 0 bridgehead atoms. The molecule has 3 amide bonds. The van der Waals surface area contributed by atoms with E-state index in [-0.39, 0.29) is 49.9 Å². The van der Waals surface area contributed by atoms with E-state index in [4.69, 9.17) is 21.1 Å². The van der Waals surface area contributed by atoms with E-state index in [1.54, 1.807) is 46.0 Å². The number of aliphatic hydroxyl groups is 2. The van der Waals surface area contributed by atoms with Gasteiger partial charge in [0.15, 0.2) is 5.60 Å². The van der Waals surface area contributed by atoms with E-state index in [9.17, 15) is 24.6 Å². The largest absolute Gasteiger partial charge is 0.494 e. The molecule has 3 aromatic rings. The van der Waals surface area contributed by atoms with Gasteiger partial charge in [0.25, 0.3) is 5.91 Å². The lowest BCUT2D eigenvalue weighted by molar-refractivity contribution is -0.150. The maximum absolute atomic E-state index is 16.4. The van der Waals surface area contributed by atoms with Crippen molar-refractivity contribution in [2.75, 3.05) is 42.7 Å². The first-order valence-electron chi connectivity index (χ1n) is 20.2. The summed E-state index contributed by atoms with van der Waals surface area (Å²) in [6.45, 7) is 8.79. The van der Waals surface area contributed by atoms with Crippen LogP contribution in [0.25, 0.3) is 0 Å². The summed E-state index contributed by atoms with van der Waals surface area (Å²) in [6, 6.07) is 17.8. The van der Waals surface area contributed by atoms with Gasteiger partial charge in [0.1, 0.15) is 5.75 Å². The van der Waals surface area contributed by atoms with Crippen molar-refractivity contribution in [1.29, 1.82) is 0 Å². The summed E-state index contributed by atoms with van der Waals surface area (Å²) in [5, 5.41) is 23.0. The quantitative estimate of drug-likeness (QED) is 0.0970. The minimum Gasteiger partial charge on any atom is -0.494 e. The van der Waals surface area contributed by atoms with Crippen LogP contribution in [0.5, 0.6) is 5.75 Å². The van der Waals surface area contributed by atoms with Gasteiger partial charge in [-0.25, -0.2) is 0 Å². The molecule has 1 spiro atoms. The lowest BCUT2D eigenvalue weighted by atomic mass is 9.82. The number of hydrogen-bond acceptors (Lipinski definition) is 8. The van der Waals surface area contributed by atoms with Crippen molar-refractivity contribution in [3.8, 4) is 5.75 Å². The van der Waals surface area contributed by atoms with Crippen molar-refractivity contribution in [1.82, 2.24) is 10.2 Å². The molecule has 3 N–H and O–H groups in total. The number of benzene rings is 3. The normalized spacial score (nSPS) is 25.8. The molecule has 4 aliphatic heterocycles. The second-order valence-corrected chi connectivity index (χ2v) is 20.5. The predicted molar refractivity (Wildman–Crippen MR) is 220 cm³/mol. The zero-order chi connectivity index (χ0) is 40.6. The summed E-state index contributed by atoms with van der Waals surface area (Å²) in [6.07, 6.45) is 2.48. The molecule has 2 saturated heterocycles. The number of hydrogen-bond donors (Lipinski definition) is 3. The number of aliphatic hydroxyl groups excluding tert-OH is 2. The van der Waals surface area contributed by atoms with Crippen LogP contribution in [0, 0.1) is 5.92 Å². The molecule has 6 atom stereocenters. The predicted octanol–water partition coefficient (Wildman–Crippen LogP) is 6.39. The van der Waals surface area contributed by atoms with Gasteiger partial charge in [-0.15, -0.1) is 0 Å². The van der Waals surface area contributed by atoms with Gasteiger partial charge in [-0.3, -0.25) is 19.3 Å². The minimum absolute atomic E-state index is 0.0808. The van der Waals surface area contributed by atoms with Gasteiger partial charge < -0.3 is 38.9 Å². The summed E-state index contributed by atoms with van der Waals surface area (Å²) in [7, 11) is -3.52. The molecule has 0 saturated carbocycles. The average molecular weight is 821 g/mol. The number of likely N-dealkylation sites (tertiary alicyclic amines) is 1. The fourth-order valence-corrected chi connectivity index (χ4v) is 12.3. The monoisotopic (exact) mass is 820 g/mol. The molecule has 0 radical (unpaired) electrons. The number of amides is 3. The third-order valence-electron chi connectivity index (χ3n) is 12.3. The Kier molecular flexibility index (Phi) is 12.2. The van der Waals surface area contributed by atoms with Crippen LogP contribution in [0.2, 0.25) is 23.7 Å². The molecule has 11 nitrogen and oxygen atoms in total. The van der Waals surface area contributed by atoms with Crippen LogP contribution in [-0.4, -0.2) is 92.3 Å². The van der Waals surface area contributed by atoms with Crippen LogP contribution >= 0.6 is 11.6 Å². The van der Waals surface area contributed by atoms with Crippen LogP contribution in [0.3, 0.4) is 0 Å². The Bertz CT molecular complexity index is 1980. The Hall–Kier alpha value is -3.85. The Balaban J connectivity index is 1.17. The van der Waals surface area contributed by atoms with Crippen LogP contribution in [-0.2, 0) is 37.7 Å². The van der Waals surface area contributed by atoms with E-state index in [0.717, 1.165) is 35.4 Å². The number of halogens is 2. The molecular formula is C43H54ClFN4O7Si. The molecule has 0 aromatic heterocycles. The number of anilines is 3. The summed E-state index contributed by atoms with van der Waals surface area (Å²) >= 11 is 6.58. The SMILES string of the molecule is CCOc1ccc2c(c1)CC(NCCCCO)C(=O)N2c1ccc(CN2C(=O)[C@]3(O[C@H](CC(=O)N4CCC[C@H]4CO)[C@@H]([Si](C)(C)F)[C@@H]3C)c3cc(Cl)ccc32)cc1. The van der Waals surface area contributed by atoms with Gasteiger partial charge in [0, 0.05) is 40.9 Å². The van der Waals surface area contributed by atoms with Gasteiger partial charge in [-0.05, 0) is 118 Å². The summed E-state index contributed by atoms with van der Waals surface area (Å²) in [4.78, 5) is 47.7. The maximum atomic E-state index is 16.4. The minimum atomic E-state index is -3.52. The first-order chi connectivity index (χ1) is 27.3. The molecule has 3 aromatic carbocycles. The van der Waals surface area contributed by atoms with Crippen LogP contribution < -0.4 is 19.9 Å². The first-order valence-corrected chi connectivity index (χ1v) is 23.6. The van der Waals surface area contributed by atoms with Crippen LogP contribution in [0.4, 0.5) is 21.2 Å². The highest BCUT2D eigenvalue weighted by molar-refractivity contribution is 6.72. The van der Waals surface area contributed by atoms with E-state index in [1.165, 1.54) is 0 Å². The number of rotatable bonds is 14. The Labute approximate surface area is 340 Å². The van der Waals surface area contributed by atoms with E-state index in [2.05, 4.69) is 5.32 Å². The Morgan fingerprint density at radius 2 is 1.82 bits per heavy atom. The van der Waals surface area contributed by atoms with Crippen molar-refractivity contribution in [3.05, 3.63) is 82.4 Å². The van der Waals surface area contributed by atoms with Gasteiger partial charge in [0.05, 0.1) is 55.7 Å². The summed E-state index contributed by atoms with van der Waals surface area (Å²) in [5.41, 5.74) is 2.21. The molecule has 2 fully saturated rings. The van der Waals surface area contributed by atoms with Gasteiger partial charge in [0.2, 0.25) is 20.2 Å². The number of unbranched alkanes of at least 4 members (excludes halogenated alkanes) is 1. The first kappa shape index (κ1) is 41.3. The lowest BCUT2D eigenvalue weighted by Gasteiger charge is -2.35. The van der Waals surface area contributed by atoms with Crippen molar-refractivity contribution in [2.24, 2.45) is 5.92 Å². The number of ether oxygens (including phenoxy) is 2. The van der Waals surface area contributed by atoms with Gasteiger partial charge in [-0.1, -0.05) is 30.7 Å². The molecular weight excluding hydrogens is 767 g/mol. The smallest absolute Gasteiger partial charge is 0.264 e. The fourth-order valence-electron chi connectivity index (χ4n) is 9.67. The lowest BCUT2D eigenvalue weighted by Crippen LogP contribution is -2.49. The van der Waals surface area contributed by atoms with E-state index < -0.39 is 37.6 Å². The van der Waals surface area contributed by atoms with E-state index >= 15 is 4.11 Å². The second-order valence-electron chi connectivity index (χ2n) is 16.3. The number of carbonyl (C=O) groups excluding carboxylic acids is 3. The average Bonchev–Trinajstić information content (AvgIpc) is 3.84.